The molecule has 0 bridgehead atoms. The lowest BCUT2D eigenvalue weighted by Gasteiger charge is -2.05. The zero-order valence-electron chi connectivity index (χ0n) is 6.88. The van der Waals surface area contributed by atoms with Gasteiger partial charge in [-0.15, -0.1) is 0 Å². The molecule has 0 unspecified atom stereocenters. The van der Waals surface area contributed by atoms with E-state index in [9.17, 15) is 14.4 Å². The first kappa shape index (κ1) is 8.59. The van der Waals surface area contributed by atoms with Crippen LogP contribution < -0.4 is 0 Å². The SMILES string of the molecule is CC(=O)C1=CC(=O)C(C)=CC1=O. The Balaban J connectivity index is 3.09. The minimum absolute atomic E-state index is 0.0226. The van der Waals surface area contributed by atoms with E-state index in [1.807, 2.05) is 0 Å². The fraction of sp³-hybridized carbons (Fsp3) is 0.222. The van der Waals surface area contributed by atoms with Gasteiger partial charge in [0.1, 0.15) is 0 Å². The Hall–Kier alpha value is -1.51. The van der Waals surface area contributed by atoms with Crippen LogP contribution in [-0.2, 0) is 14.4 Å². The highest BCUT2D eigenvalue weighted by molar-refractivity contribution is 6.31. The summed E-state index contributed by atoms with van der Waals surface area (Å²) in [7, 11) is 0. The second kappa shape index (κ2) is 2.85. The van der Waals surface area contributed by atoms with E-state index < -0.39 is 0 Å². The van der Waals surface area contributed by atoms with E-state index in [-0.39, 0.29) is 22.9 Å². The van der Waals surface area contributed by atoms with Gasteiger partial charge in [0.2, 0.25) is 0 Å². The second-order valence-electron chi connectivity index (χ2n) is 2.67. The van der Waals surface area contributed by atoms with E-state index in [0.717, 1.165) is 6.08 Å². The molecule has 62 valence electrons. The average molecular weight is 164 g/mol. The van der Waals surface area contributed by atoms with Gasteiger partial charge in [0.15, 0.2) is 17.3 Å². The monoisotopic (exact) mass is 164 g/mol. The molecule has 0 N–H and O–H groups in total. The molecule has 12 heavy (non-hydrogen) atoms. The van der Waals surface area contributed by atoms with Gasteiger partial charge in [-0.05, 0) is 19.9 Å². The normalized spacial score (nSPS) is 17.2. The van der Waals surface area contributed by atoms with E-state index in [4.69, 9.17) is 0 Å². The zero-order valence-corrected chi connectivity index (χ0v) is 6.88. The quantitative estimate of drug-likeness (QED) is 0.421. The van der Waals surface area contributed by atoms with Crippen molar-refractivity contribution >= 4 is 17.3 Å². The zero-order chi connectivity index (χ0) is 9.30. The van der Waals surface area contributed by atoms with Crippen molar-refractivity contribution in [1.82, 2.24) is 0 Å². The highest BCUT2D eigenvalue weighted by Gasteiger charge is 2.19. The van der Waals surface area contributed by atoms with Gasteiger partial charge in [-0.25, -0.2) is 0 Å². The number of carbonyl (C=O) groups excluding carboxylic acids is 3. The van der Waals surface area contributed by atoms with Crippen LogP contribution in [0, 0.1) is 0 Å². The molecule has 0 spiro atoms. The second-order valence-corrected chi connectivity index (χ2v) is 2.67. The van der Waals surface area contributed by atoms with Crippen molar-refractivity contribution in [3.05, 3.63) is 23.3 Å². The largest absolute Gasteiger partial charge is 0.294 e. The lowest BCUT2D eigenvalue weighted by atomic mass is 9.96. The number of allylic oxidation sites excluding steroid dienone is 4. The van der Waals surface area contributed by atoms with Crippen LogP contribution in [0.2, 0.25) is 0 Å². The maximum absolute atomic E-state index is 11.1. The maximum atomic E-state index is 11.1. The van der Waals surface area contributed by atoms with Gasteiger partial charge in [-0.1, -0.05) is 0 Å². The maximum Gasteiger partial charge on any atom is 0.189 e. The molecule has 1 aliphatic rings. The van der Waals surface area contributed by atoms with Gasteiger partial charge in [0, 0.05) is 11.6 Å². The van der Waals surface area contributed by atoms with E-state index in [1.165, 1.54) is 13.0 Å². The predicted molar refractivity (Wildman–Crippen MR) is 42.5 cm³/mol. The van der Waals surface area contributed by atoms with Gasteiger partial charge in [0.25, 0.3) is 0 Å². The number of ketones is 3. The van der Waals surface area contributed by atoms with E-state index in [0.29, 0.717) is 5.57 Å². The number of rotatable bonds is 1. The van der Waals surface area contributed by atoms with Crippen molar-refractivity contribution in [2.45, 2.75) is 13.8 Å². The molecule has 3 heteroatoms. The van der Waals surface area contributed by atoms with Crippen LogP contribution in [0.5, 0.6) is 0 Å². The van der Waals surface area contributed by atoms with Crippen molar-refractivity contribution in [2.24, 2.45) is 0 Å². The topological polar surface area (TPSA) is 51.2 Å². The number of Topliss-reactive ketones (excluding diaryl/α,β-unsaturated/α-hetero) is 1. The smallest absolute Gasteiger partial charge is 0.189 e. The molecule has 0 aromatic heterocycles. The third kappa shape index (κ3) is 1.39. The fourth-order valence-electron chi connectivity index (χ4n) is 0.937. The molecule has 0 aliphatic heterocycles. The summed E-state index contributed by atoms with van der Waals surface area (Å²) in [6, 6.07) is 0. The number of hydrogen-bond donors (Lipinski definition) is 0. The molecular weight excluding hydrogens is 156 g/mol. The highest BCUT2D eigenvalue weighted by Crippen LogP contribution is 2.11. The van der Waals surface area contributed by atoms with Gasteiger partial charge in [-0.2, -0.15) is 0 Å². The lowest BCUT2D eigenvalue weighted by molar-refractivity contribution is -0.120. The van der Waals surface area contributed by atoms with E-state index in [2.05, 4.69) is 0 Å². The van der Waals surface area contributed by atoms with Crippen LogP contribution in [0.15, 0.2) is 23.3 Å². The first-order chi connectivity index (χ1) is 5.52. The van der Waals surface area contributed by atoms with Crippen molar-refractivity contribution in [2.75, 3.05) is 0 Å². The molecular formula is C9H8O3. The van der Waals surface area contributed by atoms with Crippen LogP contribution >= 0.6 is 0 Å². The minimum atomic E-state index is -0.375. The molecule has 1 rings (SSSR count). The summed E-state index contributed by atoms with van der Waals surface area (Å²) in [5.41, 5.74) is 0.357. The fourth-order valence-corrected chi connectivity index (χ4v) is 0.937. The summed E-state index contributed by atoms with van der Waals surface area (Å²) >= 11 is 0. The molecule has 0 amide bonds. The molecule has 0 saturated carbocycles. The van der Waals surface area contributed by atoms with Gasteiger partial charge >= 0.3 is 0 Å². The van der Waals surface area contributed by atoms with Crippen LogP contribution in [-0.4, -0.2) is 17.3 Å². The lowest BCUT2D eigenvalue weighted by Crippen LogP contribution is -2.16. The van der Waals surface area contributed by atoms with E-state index in [1.54, 1.807) is 6.92 Å². The summed E-state index contributed by atoms with van der Waals surface area (Å²) in [6.45, 7) is 2.82. The summed E-state index contributed by atoms with van der Waals surface area (Å²) < 4.78 is 0. The first-order valence-corrected chi connectivity index (χ1v) is 3.52. The molecule has 0 radical (unpaired) electrons. The molecule has 0 saturated heterocycles. The Morgan fingerprint density at radius 1 is 1.17 bits per heavy atom. The summed E-state index contributed by atoms with van der Waals surface area (Å²) in [4.78, 5) is 32.9. The van der Waals surface area contributed by atoms with E-state index >= 15 is 0 Å². The molecule has 0 heterocycles. The standard InChI is InChI=1S/C9H8O3/c1-5-3-9(12)7(6(2)10)4-8(5)11/h3-4H,1-2H3. The summed E-state index contributed by atoms with van der Waals surface area (Å²) in [5.74, 6) is -1.00. The third-order valence-electron chi connectivity index (χ3n) is 1.66. The Morgan fingerprint density at radius 2 is 1.75 bits per heavy atom. The molecule has 0 aromatic rings. The number of hydrogen-bond acceptors (Lipinski definition) is 3. The molecule has 0 atom stereocenters. The van der Waals surface area contributed by atoms with Gasteiger partial charge in [-0.3, -0.25) is 14.4 Å². The third-order valence-corrected chi connectivity index (χ3v) is 1.66. The number of carbonyl (C=O) groups is 3. The summed E-state index contributed by atoms with van der Waals surface area (Å²) in [6.07, 6.45) is 2.29. The molecule has 0 aromatic carbocycles. The van der Waals surface area contributed by atoms with Crippen LogP contribution in [0.25, 0.3) is 0 Å². The predicted octanol–water partition coefficient (Wildman–Crippen LogP) is 0.600. The Bertz CT molecular complexity index is 332. The summed E-state index contributed by atoms with van der Waals surface area (Å²) in [5, 5.41) is 0. The van der Waals surface area contributed by atoms with Crippen molar-refractivity contribution < 1.29 is 14.4 Å². The van der Waals surface area contributed by atoms with Crippen LogP contribution in [0.1, 0.15) is 13.8 Å². The Morgan fingerprint density at radius 3 is 2.25 bits per heavy atom. The average Bonchev–Trinajstić information content (AvgIpc) is 1.96. The molecule has 3 nitrogen and oxygen atoms in total. The van der Waals surface area contributed by atoms with Crippen molar-refractivity contribution in [3.8, 4) is 0 Å². The first-order valence-electron chi connectivity index (χ1n) is 3.52. The van der Waals surface area contributed by atoms with Crippen LogP contribution in [0.3, 0.4) is 0 Å². The van der Waals surface area contributed by atoms with Crippen molar-refractivity contribution in [3.63, 3.8) is 0 Å². The minimum Gasteiger partial charge on any atom is -0.294 e. The highest BCUT2D eigenvalue weighted by atomic mass is 16.2. The van der Waals surface area contributed by atoms with Crippen molar-refractivity contribution in [1.29, 1.82) is 0 Å². The van der Waals surface area contributed by atoms with Gasteiger partial charge in [0.05, 0.1) is 5.57 Å². The molecule has 0 fully saturated rings. The van der Waals surface area contributed by atoms with Crippen LogP contribution in [0.4, 0.5) is 0 Å². The molecule has 1 aliphatic carbocycles. The Labute approximate surface area is 69.8 Å². The Kier molecular flexibility index (Phi) is 2.04. The van der Waals surface area contributed by atoms with Gasteiger partial charge < -0.3 is 0 Å².